The minimum atomic E-state index is -3.88. The lowest BCUT2D eigenvalue weighted by Crippen LogP contribution is -2.44. The van der Waals surface area contributed by atoms with Gasteiger partial charge in [0.15, 0.2) is 0 Å². The van der Waals surface area contributed by atoms with Crippen molar-refractivity contribution in [2.75, 3.05) is 13.1 Å². The van der Waals surface area contributed by atoms with Crippen molar-refractivity contribution in [1.29, 1.82) is 0 Å². The summed E-state index contributed by atoms with van der Waals surface area (Å²) in [7, 11) is -3.88. The van der Waals surface area contributed by atoms with E-state index >= 15 is 0 Å². The summed E-state index contributed by atoms with van der Waals surface area (Å²) in [5.74, 6) is -0.287. The third-order valence-corrected chi connectivity index (χ3v) is 6.79. The van der Waals surface area contributed by atoms with Crippen molar-refractivity contribution in [2.45, 2.75) is 50.0 Å². The zero-order chi connectivity index (χ0) is 17.7. The Bertz CT molecular complexity index is 689. The average Bonchev–Trinajstić information content (AvgIpc) is 2.55. The molecule has 0 atom stereocenters. The number of nitrogens with one attached hydrogen (secondary N) is 1. The van der Waals surface area contributed by atoms with Gasteiger partial charge in [-0.1, -0.05) is 49.4 Å². The molecular weight excluding hydrogens is 371 g/mol. The topological polar surface area (TPSA) is 66.5 Å². The molecular formula is C16H22Cl2N2O3S. The fourth-order valence-electron chi connectivity index (χ4n) is 2.86. The van der Waals surface area contributed by atoms with Crippen molar-refractivity contribution in [3.8, 4) is 0 Å². The summed E-state index contributed by atoms with van der Waals surface area (Å²) < 4.78 is 26.6. The van der Waals surface area contributed by atoms with Crippen LogP contribution in [0.15, 0.2) is 23.1 Å². The Morgan fingerprint density at radius 3 is 2.54 bits per heavy atom. The van der Waals surface area contributed by atoms with Gasteiger partial charge in [0.1, 0.15) is 4.90 Å². The fourth-order valence-corrected chi connectivity index (χ4v) is 5.00. The first-order valence-corrected chi connectivity index (χ1v) is 10.3. The number of carbonyl (C=O) groups is 1. The number of likely N-dealkylation sites (N-methyl/N-ethyl adjacent to an activating group) is 1. The van der Waals surface area contributed by atoms with Crippen molar-refractivity contribution >= 4 is 39.1 Å². The molecule has 1 aliphatic rings. The molecule has 0 aliphatic heterocycles. The largest absolute Gasteiger partial charge is 0.352 e. The van der Waals surface area contributed by atoms with Crippen LogP contribution in [0.1, 0.15) is 39.0 Å². The van der Waals surface area contributed by atoms with Gasteiger partial charge in [-0.05, 0) is 31.0 Å². The van der Waals surface area contributed by atoms with E-state index in [0.29, 0.717) is 0 Å². The van der Waals surface area contributed by atoms with Gasteiger partial charge in [-0.25, -0.2) is 8.42 Å². The zero-order valence-corrected chi connectivity index (χ0v) is 15.9. The molecule has 8 heteroatoms. The van der Waals surface area contributed by atoms with Gasteiger partial charge < -0.3 is 5.32 Å². The van der Waals surface area contributed by atoms with Crippen LogP contribution >= 0.6 is 23.2 Å². The molecule has 1 fully saturated rings. The standard InChI is InChI=1S/C16H22Cl2N2O3S/c1-2-20(11-16(21)19-13-6-4-3-5-7-13)24(22,23)15-10-12(17)8-9-14(15)18/h8-10,13H,2-7,11H2,1H3,(H,19,21). The molecule has 134 valence electrons. The zero-order valence-electron chi connectivity index (χ0n) is 13.6. The Kier molecular flexibility index (Phi) is 6.92. The highest BCUT2D eigenvalue weighted by molar-refractivity contribution is 7.89. The number of amides is 1. The highest BCUT2D eigenvalue weighted by Gasteiger charge is 2.28. The fraction of sp³-hybridized carbons (Fsp3) is 0.562. The van der Waals surface area contributed by atoms with Crippen LogP contribution in [0, 0.1) is 0 Å². The summed E-state index contributed by atoms with van der Waals surface area (Å²) in [6.07, 6.45) is 5.28. The normalized spacial score (nSPS) is 16.3. The maximum atomic E-state index is 12.8. The summed E-state index contributed by atoms with van der Waals surface area (Å²) >= 11 is 11.9. The molecule has 1 aromatic carbocycles. The minimum absolute atomic E-state index is 0.0796. The molecule has 5 nitrogen and oxygen atoms in total. The van der Waals surface area contributed by atoms with Crippen LogP contribution in [0.3, 0.4) is 0 Å². The van der Waals surface area contributed by atoms with Crippen LogP contribution in [0.2, 0.25) is 10.0 Å². The predicted molar refractivity (Wildman–Crippen MR) is 95.9 cm³/mol. The summed E-state index contributed by atoms with van der Waals surface area (Å²) in [4.78, 5) is 12.2. The van der Waals surface area contributed by atoms with Crippen LogP contribution in [0.4, 0.5) is 0 Å². The molecule has 0 aromatic heterocycles. The Morgan fingerprint density at radius 1 is 1.25 bits per heavy atom. The second-order valence-electron chi connectivity index (χ2n) is 5.91. The van der Waals surface area contributed by atoms with Crippen LogP contribution < -0.4 is 5.32 Å². The average molecular weight is 393 g/mol. The monoisotopic (exact) mass is 392 g/mol. The van der Waals surface area contributed by atoms with Crippen molar-refractivity contribution in [3.63, 3.8) is 0 Å². The van der Waals surface area contributed by atoms with E-state index in [1.54, 1.807) is 6.92 Å². The lowest BCUT2D eigenvalue weighted by atomic mass is 9.95. The first-order chi connectivity index (χ1) is 11.3. The molecule has 1 aromatic rings. The molecule has 1 aliphatic carbocycles. The van der Waals surface area contributed by atoms with Crippen molar-refractivity contribution in [3.05, 3.63) is 28.2 Å². The van der Waals surface area contributed by atoms with Gasteiger partial charge in [0, 0.05) is 17.6 Å². The summed E-state index contributed by atoms with van der Waals surface area (Å²) in [6, 6.07) is 4.41. The molecule has 2 rings (SSSR count). The number of nitrogens with zero attached hydrogens (tertiary/aromatic N) is 1. The van der Waals surface area contributed by atoms with Crippen LogP contribution in [-0.4, -0.2) is 37.8 Å². The number of hydrogen-bond donors (Lipinski definition) is 1. The predicted octanol–water partition coefficient (Wildman–Crippen LogP) is 3.45. The minimum Gasteiger partial charge on any atom is -0.352 e. The number of rotatable bonds is 6. The first kappa shape index (κ1) is 19.5. The van der Waals surface area contributed by atoms with E-state index in [0.717, 1.165) is 30.0 Å². The Morgan fingerprint density at radius 2 is 1.92 bits per heavy atom. The van der Waals surface area contributed by atoms with Gasteiger partial charge in [-0.2, -0.15) is 4.31 Å². The van der Waals surface area contributed by atoms with E-state index < -0.39 is 10.0 Å². The van der Waals surface area contributed by atoms with Gasteiger partial charge >= 0.3 is 0 Å². The van der Waals surface area contributed by atoms with Gasteiger partial charge in [0.2, 0.25) is 15.9 Å². The number of benzene rings is 1. The molecule has 1 amide bonds. The number of hydrogen-bond acceptors (Lipinski definition) is 3. The van der Waals surface area contributed by atoms with E-state index in [1.807, 2.05) is 0 Å². The van der Waals surface area contributed by atoms with Crippen LogP contribution in [0.25, 0.3) is 0 Å². The summed E-state index contributed by atoms with van der Waals surface area (Å²) in [6.45, 7) is 1.63. The maximum Gasteiger partial charge on any atom is 0.245 e. The highest BCUT2D eigenvalue weighted by atomic mass is 35.5. The highest BCUT2D eigenvalue weighted by Crippen LogP contribution is 2.27. The molecule has 1 saturated carbocycles. The molecule has 1 N–H and O–H groups in total. The Labute approximate surface area is 153 Å². The molecule has 24 heavy (non-hydrogen) atoms. The SMILES string of the molecule is CCN(CC(=O)NC1CCCCC1)S(=O)(=O)c1cc(Cl)ccc1Cl. The van der Waals surface area contributed by atoms with E-state index in [9.17, 15) is 13.2 Å². The quantitative estimate of drug-likeness (QED) is 0.805. The first-order valence-electron chi connectivity index (χ1n) is 8.09. The number of sulfonamides is 1. The molecule has 0 heterocycles. The number of halogens is 2. The lowest BCUT2D eigenvalue weighted by Gasteiger charge is -2.25. The van der Waals surface area contributed by atoms with Crippen molar-refractivity contribution in [2.24, 2.45) is 0 Å². The van der Waals surface area contributed by atoms with Crippen LogP contribution in [-0.2, 0) is 14.8 Å². The van der Waals surface area contributed by atoms with E-state index in [-0.39, 0.29) is 40.0 Å². The lowest BCUT2D eigenvalue weighted by molar-refractivity contribution is -0.122. The van der Waals surface area contributed by atoms with E-state index in [2.05, 4.69) is 5.32 Å². The second-order valence-corrected chi connectivity index (χ2v) is 8.66. The third kappa shape index (κ3) is 4.85. The molecule has 0 unspecified atom stereocenters. The third-order valence-electron chi connectivity index (χ3n) is 4.15. The molecule has 0 spiro atoms. The smallest absolute Gasteiger partial charge is 0.245 e. The summed E-state index contributed by atoms with van der Waals surface area (Å²) in [5, 5.41) is 3.30. The Hall–Kier alpha value is -0.820. The van der Waals surface area contributed by atoms with Crippen molar-refractivity contribution < 1.29 is 13.2 Å². The molecule has 0 bridgehead atoms. The van der Waals surface area contributed by atoms with Crippen LogP contribution in [0.5, 0.6) is 0 Å². The van der Waals surface area contributed by atoms with Gasteiger partial charge in [-0.15, -0.1) is 0 Å². The van der Waals surface area contributed by atoms with Gasteiger partial charge in [-0.3, -0.25) is 4.79 Å². The molecule has 0 saturated heterocycles. The van der Waals surface area contributed by atoms with E-state index in [1.165, 1.54) is 24.6 Å². The second kappa shape index (κ2) is 8.52. The maximum absolute atomic E-state index is 12.8. The van der Waals surface area contributed by atoms with E-state index in [4.69, 9.17) is 23.2 Å². The summed E-state index contributed by atoms with van der Waals surface area (Å²) in [5.41, 5.74) is 0. The Balaban J connectivity index is 2.11. The van der Waals surface area contributed by atoms with Gasteiger partial charge in [0.25, 0.3) is 0 Å². The van der Waals surface area contributed by atoms with Gasteiger partial charge in [0.05, 0.1) is 11.6 Å². The molecule has 0 radical (unpaired) electrons. The van der Waals surface area contributed by atoms with Crippen molar-refractivity contribution in [1.82, 2.24) is 9.62 Å². The number of carbonyl (C=O) groups excluding carboxylic acids is 1.